The predicted octanol–water partition coefficient (Wildman–Crippen LogP) is 4.74. The molecule has 3 nitrogen and oxygen atoms in total. The molecule has 2 aromatic carbocycles. The Labute approximate surface area is 141 Å². The van der Waals surface area contributed by atoms with Gasteiger partial charge < -0.3 is 14.8 Å². The molecule has 0 amide bonds. The summed E-state index contributed by atoms with van der Waals surface area (Å²) in [5.74, 6) is 1.66. The Morgan fingerprint density at radius 3 is 2.43 bits per heavy atom. The average molecular weight is 415 g/mol. The fourth-order valence-electron chi connectivity index (χ4n) is 1.80. The van der Waals surface area contributed by atoms with Crippen LogP contribution in [0.5, 0.6) is 11.5 Å². The number of ether oxygens (including phenoxy) is 2. The number of halogens is 2. The van der Waals surface area contributed by atoms with Crippen LogP contribution in [0.4, 0.5) is 0 Å². The van der Waals surface area contributed by atoms with Gasteiger partial charge in [0, 0.05) is 34.7 Å². The topological polar surface area (TPSA) is 30.5 Å². The summed E-state index contributed by atoms with van der Waals surface area (Å²) >= 11 is 6.91. The molecular formula is C16H17Br2NO2. The number of rotatable bonds is 7. The van der Waals surface area contributed by atoms with Gasteiger partial charge in [-0.3, -0.25) is 0 Å². The zero-order chi connectivity index (χ0) is 15.1. The Morgan fingerprint density at radius 1 is 1.00 bits per heavy atom. The summed E-state index contributed by atoms with van der Waals surface area (Å²) in [7, 11) is 1.70. The van der Waals surface area contributed by atoms with E-state index >= 15 is 0 Å². The molecule has 0 heterocycles. The van der Waals surface area contributed by atoms with Gasteiger partial charge in [0.15, 0.2) is 0 Å². The molecule has 1 N–H and O–H groups in total. The van der Waals surface area contributed by atoms with Gasteiger partial charge in [-0.2, -0.15) is 0 Å². The largest absolute Gasteiger partial charge is 0.457 e. The highest BCUT2D eigenvalue weighted by Crippen LogP contribution is 2.29. The number of nitrogens with one attached hydrogen (secondary N) is 1. The summed E-state index contributed by atoms with van der Waals surface area (Å²) in [5, 5.41) is 3.33. The van der Waals surface area contributed by atoms with Crippen molar-refractivity contribution in [3.05, 3.63) is 57.0 Å². The fraction of sp³-hybridized carbons (Fsp3) is 0.250. The van der Waals surface area contributed by atoms with Crippen molar-refractivity contribution in [2.24, 2.45) is 0 Å². The molecule has 0 unspecified atom stereocenters. The maximum Gasteiger partial charge on any atom is 0.133 e. The normalized spacial score (nSPS) is 10.6. The van der Waals surface area contributed by atoms with Crippen LogP contribution in [-0.2, 0) is 11.3 Å². The SMILES string of the molecule is COCCNCc1ccc(Br)cc1Oc1ccc(Br)cc1. The van der Waals surface area contributed by atoms with Crippen LogP contribution in [0.15, 0.2) is 51.4 Å². The van der Waals surface area contributed by atoms with E-state index in [1.54, 1.807) is 7.11 Å². The van der Waals surface area contributed by atoms with Gasteiger partial charge in [0.1, 0.15) is 11.5 Å². The van der Waals surface area contributed by atoms with Crippen molar-refractivity contribution in [1.29, 1.82) is 0 Å². The van der Waals surface area contributed by atoms with E-state index in [1.165, 1.54) is 0 Å². The number of methoxy groups -OCH3 is 1. The van der Waals surface area contributed by atoms with Gasteiger partial charge in [-0.25, -0.2) is 0 Å². The molecule has 0 fully saturated rings. The first-order chi connectivity index (χ1) is 10.2. The maximum absolute atomic E-state index is 5.98. The smallest absolute Gasteiger partial charge is 0.133 e. The van der Waals surface area contributed by atoms with Gasteiger partial charge in [0.05, 0.1) is 6.61 Å². The molecule has 0 radical (unpaired) electrons. The summed E-state index contributed by atoms with van der Waals surface area (Å²) in [4.78, 5) is 0. The molecule has 0 bridgehead atoms. The first-order valence-corrected chi connectivity index (χ1v) is 8.19. The van der Waals surface area contributed by atoms with Crippen LogP contribution >= 0.6 is 31.9 Å². The van der Waals surface area contributed by atoms with E-state index in [0.717, 1.165) is 39.1 Å². The lowest BCUT2D eigenvalue weighted by Gasteiger charge is -2.12. The quantitative estimate of drug-likeness (QED) is 0.663. The van der Waals surface area contributed by atoms with E-state index in [-0.39, 0.29) is 0 Å². The Balaban J connectivity index is 2.09. The van der Waals surface area contributed by atoms with Crippen LogP contribution in [-0.4, -0.2) is 20.3 Å². The van der Waals surface area contributed by atoms with Crippen LogP contribution in [0.1, 0.15) is 5.56 Å². The van der Waals surface area contributed by atoms with Crippen molar-refractivity contribution < 1.29 is 9.47 Å². The van der Waals surface area contributed by atoms with Crippen molar-refractivity contribution in [3.8, 4) is 11.5 Å². The summed E-state index contributed by atoms with van der Waals surface area (Å²) in [6.45, 7) is 2.24. The highest BCUT2D eigenvalue weighted by atomic mass is 79.9. The van der Waals surface area contributed by atoms with E-state index in [2.05, 4.69) is 43.2 Å². The van der Waals surface area contributed by atoms with E-state index in [1.807, 2.05) is 36.4 Å². The van der Waals surface area contributed by atoms with Gasteiger partial charge in [-0.15, -0.1) is 0 Å². The second-order valence-electron chi connectivity index (χ2n) is 4.48. The van der Waals surface area contributed by atoms with Crippen molar-refractivity contribution in [1.82, 2.24) is 5.32 Å². The minimum Gasteiger partial charge on any atom is -0.457 e. The molecule has 0 atom stereocenters. The molecule has 112 valence electrons. The van der Waals surface area contributed by atoms with E-state index < -0.39 is 0 Å². The Kier molecular flexibility index (Phi) is 6.70. The summed E-state index contributed by atoms with van der Waals surface area (Å²) < 4.78 is 13.0. The van der Waals surface area contributed by atoms with Crippen molar-refractivity contribution in [2.75, 3.05) is 20.3 Å². The minimum absolute atomic E-state index is 0.694. The van der Waals surface area contributed by atoms with Gasteiger partial charge in [-0.1, -0.05) is 37.9 Å². The molecule has 21 heavy (non-hydrogen) atoms. The lowest BCUT2D eigenvalue weighted by molar-refractivity contribution is 0.199. The lowest BCUT2D eigenvalue weighted by Crippen LogP contribution is -2.18. The molecule has 0 saturated heterocycles. The van der Waals surface area contributed by atoms with Gasteiger partial charge in [-0.05, 0) is 36.4 Å². The van der Waals surface area contributed by atoms with Crippen molar-refractivity contribution >= 4 is 31.9 Å². The minimum atomic E-state index is 0.694. The van der Waals surface area contributed by atoms with Gasteiger partial charge in [0.2, 0.25) is 0 Å². The zero-order valence-electron chi connectivity index (χ0n) is 11.7. The predicted molar refractivity (Wildman–Crippen MR) is 91.9 cm³/mol. The molecule has 0 aliphatic heterocycles. The second kappa shape index (κ2) is 8.54. The van der Waals surface area contributed by atoms with Crippen LogP contribution in [0.25, 0.3) is 0 Å². The van der Waals surface area contributed by atoms with E-state index in [0.29, 0.717) is 6.61 Å². The number of benzene rings is 2. The molecule has 0 aromatic heterocycles. The molecule has 0 aliphatic rings. The summed E-state index contributed by atoms with van der Waals surface area (Å²) in [6, 6.07) is 13.9. The molecule has 0 saturated carbocycles. The summed E-state index contributed by atoms with van der Waals surface area (Å²) in [5.41, 5.74) is 1.11. The van der Waals surface area contributed by atoms with Crippen molar-refractivity contribution in [2.45, 2.75) is 6.54 Å². The summed E-state index contributed by atoms with van der Waals surface area (Å²) in [6.07, 6.45) is 0. The zero-order valence-corrected chi connectivity index (χ0v) is 14.9. The third kappa shape index (κ3) is 5.43. The lowest BCUT2D eigenvalue weighted by atomic mass is 10.2. The highest BCUT2D eigenvalue weighted by Gasteiger charge is 2.06. The average Bonchev–Trinajstić information content (AvgIpc) is 2.48. The van der Waals surface area contributed by atoms with Crippen LogP contribution in [0, 0.1) is 0 Å². The third-order valence-corrected chi connectivity index (χ3v) is 3.89. The fourth-order valence-corrected chi connectivity index (χ4v) is 2.40. The molecule has 5 heteroatoms. The molecule has 2 rings (SSSR count). The number of hydrogen-bond acceptors (Lipinski definition) is 3. The Bertz CT molecular complexity index is 573. The molecular weight excluding hydrogens is 398 g/mol. The Hall–Kier alpha value is -0.880. The standard InChI is InChI=1S/C16H17Br2NO2/c1-20-9-8-19-11-12-2-3-14(18)10-16(12)21-15-6-4-13(17)5-7-15/h2-7,10,19H,8-9,11H2,1H3. The molecule has 0 spiro atoms. The first-order valence-electron chi connectivity index (χ1n) is 6.60. The van der Waals surface area contributed by atoms with E-state index in [4.69, 9.17) is 9.47 Å². The van der Waals surface area contributed by atoms with E-state index in [9.17, 15) is 0 Å². The second-order valence-corrected chi connectivity index (χ2v) is 6.31. The van der Waals surface area contributed by atoms with Crippen LogP contribution < -0.4 is 10.1 Å². The highest BCUT2D eigenvalue weighted by molar-refractivity contribution is 9.10. The van der Waals surface area contributed by atoms with Gasteiger partial charge in [0.25, 0.3) is 0 Å². The van der Waals surface area contributed by atoms with Crippen LogP contribution in [0.2, 0.25) is 0 Å². The molecule has 2 aromatic rings. The van der Waals surface area contributed by atoms with Gasteiger partial charge >= 0.3 is 0 Å². The monoisotopic (exact) mass is 413 g/mol. The van der Waals surface area contributed by atoms with Crippen molar-refractivity contribution in [3.63, 3.8) is 0 Å². The Morgan fingerprint density at radius 2 is 1.71 bits per heavy atom. The van der Waals surface area contributed by atoms with Crippen LogP contribution in [0.3, 0.4) is 0 Å². The maximum atomic E-state index is 5.98. The number of hydrogen-bond donors (Lipinski definition) is 1. The first kappa shape index (κ1) is 16.5. The molecule has 0 aliphatic carbocycles. The third-order valence-electron chi connectivity index (χ3n) is 2.87.